The summed E-state index contributed by atoms with van der Waals surface area (Å²) in [4.78, 5) is 15.4. The molecule has 1 aliphatic heterocycles. The van der Waals surface area contributed by atoms with Crippen molar-refractivity contribution < 1.29 is 13.9 Å². The Kier molecular flexibility index (Phi) is 5.57. The van der Waals surface area contributed by atoms with E-state index < -0.39 is 0 Å². The number of nitrogens with zero attached hydrogens (tertiary/aromatic N) is 2. The van der Waals surface area contributed by atoms with Crippen LogP contribution in [-0.2, 0) is 13.1 Å². The molecular formula is C27H24FN3O2. The average molecular weight is 442 g/mol. The van der Waals surface area contributed by atoms with Crippen molar-refractivity contribution in [2.75, 3.05) is 7.11 Å². The van der Waals surface area contributed by atoms with Crippen LogP contribution in [0.25, 0.3) is 5.69 Å². The van der Waals surface area contributed by atoms with E-state index in [-0.39, 0.29) is 17.9 Å². The van der Waals surface area contributed by atoms with Gasteiger partial charge in [0.2, 0.25) is 0 Å². The van der Waals surface area contributed by atoms with Gasteiger partial charge in [-0.3, -0.25) is 0 Å². The monoisotopic (exact) mass is 441 g/mol. The maximum atomic E-state index is 13.7. The fourth-order valence-electron chi connectivity index (χ4n) is 4.40. The summed E-state index contributed by atoms with van der Waals surface area (Å²) in [5.74, 6) is 0.438. The number of fused-ring (bicyclic) bond motifs is 3. The number of carbonyl (C=O) groups is 1. The van der Waals surface area contributed by atoms with Gasteiger partial charge in [-0.15, -0.1) is 0 Å². The maximum absolute atomic E-state index is 13.7. The quantitative estimate of drug-likeness (QED) is 0.458. The second-order valence-electron chi connectivity index (χ2n) is 8.02. The van der Waals surface area contributed by atoms with Crippen LogP contribution < -0.4 is 10.1 Å². The molecule has 6 heteroatoms. The maximum Gasteiger partial charge on any atom is 0.318 e. The van der Waals surface area contributed by atoms with E-state index in [4.69, 9.17) is 4.74 Å². The molecule has 4 aromatic rings. The molecule has 1 atom stereocenters. The van der Waals surface area contributed by atoms with Crippen LogP contribution in [0.2, 0.25) is 0 Å². The van der Waals surface area contributed by atoms with Crippen molar-refractivity contribution in [3.8, 4) is 11.4 Å². The highest BCUT2D eigenvalue weighted by molar-refractivity contribution is 5.76. The number of carbonyl (C=O) groups excluding carboxylic acids is 1. The zero-order valence-corrected chi connectivity index (χ0v) is 18.2. The molecule has 0 bridgehead atoms. The van der Waals surface area contributed by atoms with Crippen molar-refractivity contribution in [3.05, 3.63) is 119 Å². The van der Waals surface area contributed by atoms with Gasteiger partial charge in [0.15, 0.2) is 0 Å². The van der Waals surface area contributed by atoms with Crippen LogP contribution in [0.5, 0.6) is 5.75 Å². The van der Waals surface area contributed by atoms with Crippen LogP contribution in [-0.4, -0.2) is 22.6 Å². The molecule has 1 N–H and O–H groups in total. The van der Waals surface area contributed by atoms with Crippen LogP contribution in [0.1, 0.15) is 28.4 Å². The number of aromatic nitrogens is 1. The topological polar surface area (TPSA) is 46.5 Å². The summed E-state index contributed by atoms with van der Waals surface area (Å²) in [5.41, 5.74) is 4.81. The molecule has 0 aliphatic carbocycles. The van der Waals surface area contributed by atoms with Crippen LogP contribution >= 0.6 is 0 Å². The molecule has 0 saturated heterocycles. The number of urea groups is 1. The predicted molar refractivity (Wildman–Crippen MR) is 125 cm³/mol. The summed E-state index contributed by atoms with van der Waals surface area (Å²) in [7, 11) is 1.62. The lowest BCUT2D eigenvalue weighted by Crippen LogP contribution is -2.41. The molecule has 1 aliphatic rings. The lowest BCUT2D eigenvalue weighted by Gasteiger charge is -2.31. The standard InChI is InChI=1S/C27H24FN3O2/c1-33-23-8-4-6-19(16-23)17-29-27(32)31-18-21-7-2-3-9-24(21)30-15-5-10-25(30)26(31)20-11-13-22(28)14-12-20/h2-16,26H,17-18H2,1H3,(H,29,32)/t26-/m1/s1. The fraction of sp³-hybridized carbons (Fsp3) is 0.148. The number of ether oxygens (including phenoxy) is 1. The fourth-order valence-corrected chi connectivity index (χ4v) is 4.40. The third-order valence-electron chi connectivity index (χ3n) is 5.99. The largest absolute Gasteiger partial charge is 0.497 e. The summed E-state index contributed by atoms with van der Waals surface area (Å²) in [6.07, 6.45) is 2.00. The smallest absolute Gasteiger partial charge is 0.318 e. The number of hydrogen-bond acceptors (Lipinski definition) is 2. The number of halogens is 1. The van der Waals surface area contributed by atoms with Gasteiger partial charge in [-0.25, -0.2) is 9.18 Å². The van der Waals surface area contributed by atoms with Gasteiger partial charge in [-0.1, -0.05) is 42.5 Å². The third kappa shape index (κ3) is 4.07. The predicted octanol–water partition coefficient (Wildman–Crippen LogP) is 5.44. The number of methoxy groups -OCH3 is 1. The zero-order valence-electron chi connectivity index (χ0n) is 18.2. The molecule has 5 nitrogen and oxygen atoms in total. The van der Waals surface area contributed by atoms with E-state index >= 15 is 0 Å². The van der Waals surface area contributed by atoms with E-state index in [0.29, 0.717) is 13.1 Å². The second kappa shape index (κ2) is 8.82. The van der Waals surface area contributed by atoms with E-state index in [1.165, 1.54) is 12.1 Å². The molecule has 3 aromatic carbocycles. The highest BCUT2D eigenvalue weighted by atomic mass is 19.1. The Balaban J connectivity index is 1.53. The van der Waals surface area contributed by atoms with Crippen molar-refractivity contribution in [1.82, 2.24) is 14.8 Å². The van der Waals surface area contributed by atoms with Crippen molar-refractivity contribution in [3.63, 3.8) is 0 Å². The first-order chi connectivity index (χ1) is 16.1. The van der Waals surface area contributed by atoms with Crippen molar-refractivity contribution >= 4 is 6.03 Å². The Morgan fingerprint density at radius 1 is 1.03 bits per heavy atom. The van der Waals surface area contributed by atoms with Crippen LogP contribution in [0.3, 0.4) is 0 Å². The second-order valence-corrected chi connectivity index (χ2v) is 8.02. The summed E-state index contributed by atoms with van der Waals surface area (Å²) < 4.78 is 21.1. The number of amides is 2. The lowest BCUT2D eigenvalue weighted by molar-refractivity contribution is 0.180. The lowest BCUT2D eigenvalue weighted by atomic mass is 10.0. The van der Waals surface area contributed by atoms with Crippen LogP contribution in [0.15, 0.2) is 91.1 Å². The van der Waals surface area contributed by atoms with Gasteiger partial charge in [-0.05, 0) is 59.2 Å². The molecule has 0 fully saturated rings. The van der Waals surface area contributed by atoms with Crippen LogP contribution in [0.4, 0.5) is 9.18 Å². The first-order valence-electron chi connectivity index (χ1n) is 10.8. The molecule has 0 radical (unpaired) electrons. The van der Waals surface area contributed by atoms with Crippen molar-refractivity contribution in [2.45, 2.75) is 19.1 Å². The molecule has 0 spiro atoms. The SMILES string of the molecule is COc1cccc(CNC(=O)N2Cc3ccccc3-n3cccc3[C@H]2c2ccc(F)cc2)c1. The van der Waals surface area contributed by atoms with E-state index in [1.54, 1.807) is 19.2 Å². The number of para-hydroxylation sites is 1. The molecule has 2 amide bonds. The molecular weight excluding hydrogens is 417 g/mol. The first-order valence-corrected chi connectivity index (χ1v) is 10.8. The highest BCUT2D eigenvalue weighted by Gasteiger charge is 2.32. The van der Waals surface area contributed by atoms with Gasteiger partial charge >= 0.3 is 6.03 Å². The Hall–Kier alpha value is -4.06. The summed E-state index contributed by atoms with van der Waals surface area (Å²) in [5, 5.41) is 3.06. The minimum atomic E-state index is -0.377. The first kappa shape index (κ1) is 20.8. The molecule has 2 heterocycles. The summed E-state index contributed by atoms with van der Waals surface area (Å²) in [6.45, 7) is 0.787. The normalized spacial score (nSPS) is 14.7. The molecule has 33 heavy (non-hydrogen) atoms. The summed E-state index contributed by atoms with van der Waals surface area (Å²) >= 11 is 0. The average Bonchev–Trinajstić information content (AvgIpc) is 3.28. The van der Waals surface area contributed by atoms with Gasteiger partial charge in [0, 0.05) is 18.4 Å². The van der Waals surface area contributed by atoms with Crippen molar-refractivity contribution in [2.24, 2.45) is 0 Å². The molecule has 5 rings (SSSR count). The highest BCUT2D eigenvalue weighted by Crippen LogP contribution is 2.36. The molecule has 1 aromatic heterocycles. The Morgan fingerprint density at radius 3 is 2.67 bits per heavy atom. The molecule has 0 unspecified atom stereocenters. The number of benzene rings is 3. The van der Waals surface area contributed by atoms with E-state index in [2.05, 4.69) is 16.0 Å². The van der Waals surface area contributed by atoms with Crippen LogP contribution in [0, 0.1) is 5.82 Å². The molecule has 0 saturated carbocycles. The van der Waals surface area contributed by atoms with Crippen molar-refractivity contribution in [1.29, 1.82) is 0 Å². The summed E-state index contributed by atoms with van der Waals surface area (Å²) in [6, 6.07) is 25.5. The van der Waals surface area contributed by atoms with E-state index in [9.17, 15) is 9.18 Å². The Labute approximate surface area is 192 Å². The number of rotatable bonds is 4. The minimum absolute atomic E-state index is 0.198. The third-order valence-corrected chi connectivity index (χ3v) is 5.99. The van der Waals surface area contributed by atoms with Gasteiger partial charge < -0.3 is 19.5 Å². The van der Waals surface area contributed by atoms with Gasteiger partial charge in [0.25, 0.3) is 0 Å². The Bertz CT molecular complexity index is 1280. The number of nitrogens with one attached hydrogen (secondary N) is 1. The Morgan fingerprint density at radius 2 is 1.85 bits per heavy atom. The van der Waals surface area contributed by atoms with E-state index in [0.717, 1.165) is 33.8 Å². The van der Waals surface area contributed by atoms with E-state index in [1.807, 2.05) is 65.7 Å². The number of hydrogen-bond donors (Lipinski definition) is 1. The molecule has 166 valence electrons. The minimum Gasteiger partial charge on any atom is -0.497 e. The van der Waals surface area contributed by atoms with Gasteiger partial charge in [-0.2, -0.15) is 0 Å². The van der Waals surface area contributed by atoms with Gasteiger partial charge in [0.05, 0.1) is 25.4 Å². The zero-order chi connectivity index (χ0) is 22.8. The van der Waals surface area contributed by atoms with Gasteiger partial charge in [0.1, 0.15) is 11.6 Å².